The van der Waals surface area contributed by atoms with Gasteiger partial charge in [-0.15, -0.1) is 5.10 Å². The molecule has 0 unspecified atom stereocenters. The third-order valence-electron chi connectivity index (χ3n) is 3.05. The molecule has 1 atom stereocenters. The summed E-state index contributed by atoms with van der Waals surface area (Å²) in [6.45, 7) is 1.45. The average Bonchev–Trinajstić information content (AvgIpc) is 2.94. The fourth-order valence-corrected chi connectivity index (χ4v) is 2.15. The number of hydrogen-bond donors (Lipinski definition) is 0. The summed E-state index contributed by atoms with van der Waals surface area (Å²) in [4.78, 5) is 15.7. The van der Waals surface area contributed by atoms with E-state index in [0.717, 1.165) is 11.1 Å². The van der Waals surface area contributed by atoms with Gasteiger partial charge in [-0.3, -0.25) is 9.78 Å². The molecule has 0 radical (unpaired) electrons. The van der Waals surface area contributed by atoms with Crippen LogP contribution >= 0.6 is 11.6 Å². The fourth-order valence-electron chi connectivity index (χ4n) is 2.02. The van der Waals surface area contributed by atoms with Crippen molar-refractivity contribution >= 4 is 23.4 Å². The van der Waals surface area contributed by atoms with Gasteiger partial charge in [0.15, 0.2) is 0 Å². The third-order valence-corrected chi connectivity index (χ3v) is 3.30. The van der Waals surface area contributed by atoms with Gasteiger partial charge in [-0.05, 0) is 36.4 Å². The standard InChI is InChI=1S/C15H12ClN3O2/c1-10(20)19-15(12-6-8-17-9-7-12)21-14(18-19)11-2-4-13(16)5-3-11/h2-9,15H,1H3/t15-/m0/s1. The number of hydrazone groups is 1. The highest BCUT2D eigenvalue weighted by Crippen LogP contribution is 2.30. The van der Waals surface area contributed by atoms with E-state index in [4.69, 9.17) is 16.3 Å². The van der Waals surface area contributed by atoms with Crippen LogP contribution in [0.15, 0.2) is 53.9 Å². The molecule has 2 aromatic rings. The van der Waals surface area contributed by atoms with Crippen LogP contribution in [0.5, 0.6) is 0 Å². The zero-order valence-electron chi connectivity index (χ0n) is 11.2. The van der Waals surface area contributed by atoms with Crippen LogP contribution in [0, 0.1) is 0 Å². The maximum Gasteiger partial charge on any atom is 0.243 e. The number of hydrogen-bond acceptors (Lipinski definition) is 4. The maximum absolute atomic E-state index is 11.8. The van der Waals surface area contributed by atoms with Crippen molar-refractivity contribution in [3.05, 3.63) is 64.9 Å². The van der Waals surface area contributed by atoms with Crippen LogP contribution in [0.3, 0.4) is 0 Å². The van der Waals surface area contributed by atoms with Crippen molar-refractivity contribution in [1.82, 2.24) is 9.99 Å². The minimum absolute atomic E-state index is 0.194. The molecule has 1 aromatic carbocycles. The molecule has 0 bridgehead atoms. The number of carbonyl (C=O) groups is 1. The van der Waals surface area contributed by atoms with Crippen molar-refractivity contribution < 1.29 is 9.53 Å². The number of halogens is 1. The molecule has 0 spiro atoms. The number of amides is 1. The van der Waals surface area contributed by atoms with Crippen molar-refractivity contribution in [2.24, 2.45) is 5.10 Å². The Bertz CT molecular complexity index is 686. The van der Waals surface area contributed by atoms with Crippen LogP contribution in [0.1, 0.15) is 24.3 Å². The zero-order valence-corrected chi connectivity index (χ0v) is 12.0. The first-order chi connectivity index (χ1) is 10.1. The summed E-state index contributed by atoms with van der Waals surface area (Å²) in [6.07, 6.45) is 2.73. The first-order valence-electron chi connectivity index (χ1n) is 6.36. The first-order valence-corrected chi connectivity index (χ1v) is 6.74. The normalized spacial score (nSPS) is 17.3. The predicted molar refractivity (Wildman–Crippen MR) is 78.6 cm³/mol. The SMILES string of the molecule is CC(=O)N1N=C(c2ccc(Cl)cc2)O[C@H]1c1ccncc1. The van der Waals surface area contributed by atoms with Gasteiger partial charge in [0.25, 0.3) is 0 Å². The topological polar surface area (TPSA) is 54.8 Å². The van der Waals surface area contributed by atoms with E-state index in [9.17, 15) is 4.79 Å². The van der Waals surface area contributed by atoms with Crippen molar-refractivity contribution in [3.8, 4) is 0 Å². The third kappa shape index (κ3) is 2.73. The van der Waals surface area contributed by atoms with E-state index in [2.05, 4.69) is 10.1 Å². The summed E-state index contributed by atoms with van der Waals surface area (Å²) >= 11 is 5.87. The largest absolute Gasteiger partial charge is 0.446 e. The Balaban J connectivity index is 1.93. The lowest BCUT2D eigenvalue weighted by Gasteiger charge is -2.18. The molecule has 2 heterocycles. The van der Waals surface area contributed by atoms with E-state index >= 15 is 0 Å². The van der Waals surface area contributed by atoms with Crippen molar-refractivity contribution in [2.75, 3.05) is 0 Å². The second-order valence-corrected chi connectivity index (χ2v) is 4.96. The molecule has 1 aliphatic rings. The number of carbonyl (C=O) groups excluding carboxylic acids is 1. The molecule has 21 heavy (non-hydrogen) atoms. The number of benzene rings is 1. The van der Waals surface area contributed by atoms with Crippen molar-refractivity contribution in [2.45, 2.75) is 13.2 Å². The zero-order chi connectivity index (χ0) is 14.8. The average molecular weight is 302 g/mol. The molecule has 0 aliphatic carbocycles. The van der Waals surface area contributed by atoms with E-state index in [1.54, 1.807) is 48.8 Å². The van der Waals surface area contributed by atoms with Crippen LogP contribution in [0.2, 0.25) is 5.02 Å². The van der Waals surface area contributed by atoms with Gasteiger partial charge in [-0.2, -0.15) is 5.01 Å². The highest BCUT2D eigenvalue weighted by atomic mass is 35.5. The van der Waals surface area contributed by atoms with Crippen molar-refractivity contribution in [1.29, 1.82) is 0 Å². The number of rotatable bonds is 2. The number of pyridine rings is 1. The molecule has 0 saturated heterocycles. The fraction of sp³-hybridized carbons (Fsp3) is 0.133. The van der Waals surface area contributed by atoms with Crippen LogP contribution in [0.25, 0.3) is 0 Å². The molecule has 5 nitrogen and oxygen atoms in total. The molecule has 0 saturated carbocycles. The number of aromatic nitrogens is 1. The summed E-state index contributed by atoms with van der Waals surface area (Å²) in [5.74, 6) is 0.199. The van der Waals surface area contributed by atoms with Gasteiger partial charge in [0.05, 0.1) is 0 Å². The van der Waals surface area contributed by atoms with Gasteiger partial charge in [-0.25, -0.2) is 0 Å². The molecule has 1 aromatic heterocycles. The van der Waals surface area contributed by atoms with Crippen LogP contribution in [-0.2, 0) is 9.53 Å². The summed E-state index contributed by atoms with van der Waals surface area (Å²) in [5.41, 5.74) is 1.58. The first kappa shape index (κ1) is 13.6. The Morgan fingerprint density at radius 2 is 1.86 bits per heavy atom. The Labute approximate surface area is 126 Å². The molecule has 1 aliphatic heterocycles. The molecule has 6 heteroatoms. The molecule has 0 N–H and O–H groups in total. The lowest BCUT2D eigenvalue weighted by atomic mass is 10.2. The lowest BCUT2D eigenvalue weighted by molar-refractivity contribution is -0.135. The van der Waals surface area contributed by atoms with Gasteiger partial charge >= 0.3 is 0 Å². The molecule has 1 amide bonds. The Morgan fingerprint density at radius 3 is 2.48 bits per heavy atom. The van der Waals surface area contributed by atoms with Gasteiger partial charge in [0, 0.05) is 35.5 Å². The maximum atomic E-state index is 11.8. The number of ether oxygens (including phenoxy) is 1. The second-order valence-electron chi connectivity index (χ2n) is 4.53. The van der Waals surface area contributed by atoms with Gasteiger partial charge in [-0.1, -0.05) is 11.6 Å². The van der Waals surface area contributed by atoms with E-state index in [1.165, 1.54) is 11.9 Å². The molecule has 3 rings (SSSR count). The van der Waals surface area contributed by atoms with E-state index < -0.39 is 6.23 Å². The molecule has 106 valence electrons. The number of nitrogens with zero attached hydrogens (tertiary/aromatic N) is 3. The van der Waals surface area contributed by atoms with Crippen LogP contribution < -0.4 is 0 Å². The Morgan fingerprint density at radius 1 is 1.19 bits per heavy atom. The molecular formula is C15H12ClN3O2. The van der Waals surface area contributed by atoms with Gasteiger partial charge in [0.1, 0.15) is 0 Å². The molecular weight excluding hydrogens is 290 g/mol. The lowest BCUT2D eigenvalue weighted by Crippen LogP contribution is -2.25. The van der Waals surface area contributed by atoms with Crippen LogP contribution in [-0.4, -0.2) is 21.8 Å². The Hall–Kier alpha value is -2.40. The molecule has 0 fully saturated rings. The summed E-state index contributed by atoms with van der Waals surface area (Å²) < 4.78 is 5.83. The predicted octanol–water partition coefficient (Wildman–Crippen LogP) is 2.97. The quantitative estimate of drug-likeness (QED) is 0.857. The second kappa shape index (κ2) is 5.54. The van der Waals surface area contributed by atoms with Gasteiger partial charge in [0.2, 0.25) is 18.0 Å². The highest BCUT2D eigenvalue weighted by molar-refractivity contribution is 6.30. The summed E-state index contributed by atoms with van der Waals surface area (Å²) in [7, 11) is 0. The minimum Gasteiger partial charge on any atom is -0.446 e. The summed E-state index contributed by atoms with van der Waals surface area (Å²) in [5, 5.41) is 6.21. The van der Waals surface area contributed by atoms with E-state index in [0.29, 0.717) is 10.9 Å². The van der Waals surface area contributed by atoms with Crippen molar-refractivity contribution in [3.63, 3.8) is 0 Å². The summed E-state index contributed by atoms with van der Waals surface area (Å²) in [6, 6.07) is 10.7. The smallest absolute Gasteiger partial charge is 0.243 e. The highest BCUT2D eigenvalue weighted by Gasteiger charge is 2.32. The van der Waals surface area contributed by atoms with E-state index in [1.807, 2.05) is 0 Å². The Kier molecular flexibility index (Phi) is 3.58. The van der Waals surface area contributed by atoms with Crippen LogP contribution in [0.4, 0.5) is 0 Å². The van der Waals surface area contributed by atoms with E-state index in [-0.39, 0.29) is 5.91 Å². The van der Waals surface area contributed by atoms with Gasteiger partial charge < -0.3 is 4.74 Å². The minimum atomic E-state index is -0.573. The monoisotopic (exact) mass is 301 g/mol.